The van der Waals surface area contributed by atoms with Crippen molar-refractivity contribution >= 4 is 5.69 Å². The van der Waals surface area contributed by atoms with E-state index in [9.17, 15) is 9.50 Å². The van der Waals surface area contributed by atoms with Crippen LogP contribution in [0.4, 0.5) is 10.1 Å². The van der Waals surface area contributed by atoms with E-state index in [4.69, 9.17) is 0 Å². The zero-order chi connectivity index (χ0) is 12.4. The molecule has 1 aromatic carbocycles. The van der Waals surface area contributed by atoms with Crippen molar-refractivity contribution < 1.29 is 9.50 Å². The van der Waals surface area contributed by atoms with Crippen LogP contribution >= 0.6 is 0 Å². The number of hydrogen-bond acceptors (Lipinski definition) is 2. The largest absolute Gasteiger partial charge is 0.389 e. The van der Waals surface area contributed by atoms with Crippen LogP contribution in [0.15, 0.2) is 29.8 Å². The maximum atomic E-state index is 13.8. The third kappa shape index (κ3) is 2.50. The number of benzene rings is 1. The van der Waals surface area contributed by atoms with Crippen LogP contribution in [0.25, 0.3) is 0 Å². The van der Waals surface area contributed by atoms with Gasteiger partial charge in [0.05, 0.1) is 6.10 Å². The molecule has 0 fully saturated rings. The Kier molecular flexibility index (Phi) is 3.48. The average molecular weight is 235 g/mol. The highest BCUT2D eigenvalue weighted by atomic mass is 19.1. The second kappa shape index (κ2) is 4.88. The molecular weight excluding hydrogens is 217 g/mol. The molecule has 1 aliphatic heterocycles. The lowest BCUT2D eigenvalue weighted by Crippen LogP contribution is -2.30. The van der Waals surface area contributed by atoms with Crippen LogP contribution in [-0.4, -0.2) is 18.2 Å². The Balaban J connectivity index is 2.38. The fourth-order valence-electron chi connectivity index (χ4n) is 2.33. The molecule has 1 atom stereocenters. The van der Waals surface area contributed by atoms with Gasteiger partial charge < -0.3 is 10.0 Å². The van der Waals surface area contributed by atoms with E-state index < -0.39 is 6.10 Å². The van der Waals surface area contributed by atoms with Crippen molar-refractivity contribution in [3.8, 4) is 0 Å². The molecule has 0 saturated heterocycles. The molecule has 1 aromatic rings. The van der Waals surface area contributed by atoms with Gasteiger partial charge in [-0.15, -0.1) is 0 Å². The maximum absolute atomic E-state index is 13.8. The molecule has 2 nitrogen and oxygen atoms in total. The Morgan fingerprint density at radius 2 is 2.18 bits per heavy atom. The second-order valence-corrected chi connectivity index (χ2v) is 4.61. The molecular formula is C14H18FNO. The molecule has 0 radical (unpaired) electrons. The molecule has 0 spiro atoms. The van der Waals surface area contributed by atoms with Crippen LogP contribution in [-0.2, 0) is 0 Å². The number of aliphatic hydroxyl groups excluding tert-OH is 1. The standard InChI is InChI=1S/C14H18FNO/c1-10-5-4-8-16(9-10)13-7-3-6-12(15)14(13)11(2)17/h3,5-7,11,17H,4,8-9H2,1-2H3. The molecule has 92 valence electrons. The van der Waals surface area contributed by atoms with Gasteiger partial charge in [0.25, 0.3) is 0 Å². The molecule has 3 heteroatoms. The van der Waals surface area contributed by atoms with Gasteiger partial charge in [0.15, 0.2) is 0 Å². The first-order chi connectivity index (χ1) is 8.09. The van der Waals surface area contributed by atoms with E-state index >= 15 is 0 Å². The highest BCUT2D eigenvalue weighted by Crippen LogP contribution is 2.30. The van der Waals surface area contributed by atoms with Crippen LogP contribution in [0.3, 0.4) is 0 Å². The van der Waals surface area contributed by atoms with Gasteiger partial charge in [0.2, 0.25) is 0 Å². The van der Waals surface area contributed by atoms with Crippen molar-refractivity contribution in [1.29, 1.82) is 0 Å². The van der Waals surface area contributed by atoms with Crippen LogP contribution < -0.4 is 4.90 Å². The monoisotopic (exact) mass is 235 g/mol. The van der Waals surface area contributed by atoms with E-state index in [1.165, 1.54) is 11.6 Å². The van der Waals surface area contributed by atoms with Gasteiger partial charge >= 0.3 is 0 Å². The lowest BCUT2D eigenvalue weighted by Gasteiger charge is -2.31. The molecule has 1 heterocycles. The third-order valence-corrected chi connectivity index (χ3v) is 3.12. The van der Waals surface area contributed by atoms with Crippen LogP contribution in [0.1, 0.15) is 31.9 Å². The predicted octanol–water partition coefficient (Wildman–Crippen LogP) is 3.04. The van der Waals surface area contributed by atoms with Crippen molar-refractivity contribution in [2.75, 3.05) is 18.0 Å². The number of hydrogen-bond donors (Lipinski definition) is 1. The van der Waals surface area contributed by atoms with Crippen molar-refractivity contribution in [2.24, 2.45) is 0 Å². The van der Waals surface area contributed by atoms with Crippen molar-refractivity contribution in [1.82, 2.24) is 0 Å². The van der Waals surface area contributed by atoms with Gasteiger partial charge in [-0.3, -0.25) is 0 Å². The summed E-state index contributed by atoms with van der Waals surface area (Å²) in [5.41, 5.74) is 2.51. The first-order valence-electron chi connectivity index (χ1n) is 5.96. The smallest absolute Gasteiger partial charge is 0.131 e. The summed E-state index contributed by atoms with van der Waals surface area (Å²) in [6.45, 7) is 5.37. The summed E-state index contributed by atoms with van der Waals surface area (Å²) >= 11 is 0. The quantitative estimate of drug-likeness (QED) is 0.796. The predicted molar refractivity (Wildman–Crippen MR) is 67.6 cm³/mol. The van der Waals surface area contributed by atoms with E-state index in [0.717, 1.165) is 25.2 Å². The van der Waals surface area contributed by atoms with Gasteiger partial charge in [-0.05, 0) is 32.4 Å². The summed E-state index contributed by atoms with van der Waals surface area (Å²) in [7, 11) is 0. The van der Waals surface area contributed by atoms with E-state index in [1.54, 1.807) is 13.0 Å². The summed E-state index contributed by atoms with van der Waals surface area (Å²) in [4.78, 5) is 2.13. The second-order valence-electron chi connectivity index (χ2n) is 4.61. The van der Waals surface area contributed by atoms with Crippen LogP contribution in [0, 0.1) is 5.82 Å². The van der Waals surface area contributed by atoms with E-state index in [0.29, 0.717) is 5.56 Å². The van der Waals surface area contributed by atoms with E-state index in [-0.39, 0.29) is 5.82 Å². The van der Waals surface area contributed by atoms with Gasteiger partial charge in [-0.25, -0.2) is 4.39 Å². The topological polar surface area (TPSA) is 23.5 Å². The zero-order valence-electron chi connectivity index (χ0n) is 10.3. The Hall–Kier alpha value is -1.35. The summed E-state index contributed by atoms with van der Waals surface area (Å²) in [6.07, 6.45) is 2.40. The molecule has 2 rings (SSSR count). The van der Waals surface area contributed by atoms with Crippen LogP contribution in [0.5, 0.6) is 0 Å². The number of halogens is 1. The highest BCUT2D eigenvalue weighted by molar-refractivity contribution is 5.56. The Labute approximate surface area is 101 Å². The fraction of sp³-hybridized carbons (Fsp3) is 0.429. The SMILES string of the molecule is CC1=CCCN(c2cccc(F)c2C(C)O)C1. The molecule has 0 amide bonds. The summed E-state index contributed by atoms with van der Waals surface area (Å²) in [6, 6.07) is 4.98. The number of nitrogens with zero attached hydrogens (tertiary/aromatic N) is 1. The average Bonchev–Trinajstić information content (AvgIpc) is 2.28. The molecule has 1 unspecified atom stereocenters. The van der Waals surface area contributed by atoms with Crippen molar-refractivity contribution in [2.45, 2.75) is 26.4 Å². The molecule has 1 aliphatic rings. The molecule has 17 heavy (non-hydrogen) atoms. The molecule has 1 N–H and O–H groups in total. The minimum Gasteiger partial charge on any atom is -0.389 e. The number of anilines is 1. The molecule has 0 saturated carbocycles. The summed E-state index contributed by atoms with van der Waals surface area (Å²) in [5.74, 6) is -0.329. The van der Waals surface area contributed by atoms with E-state index in [2.05, 4.69) is 17.9 Å². The maximum Gasteiger partial charge on any atom is 0.131 e. The molecule has 0 aliphatic carbocycles. The van der Waals surface area contributed by atoms with Crippen LogP contribution in [0.2, 0.25) is 0 Å². The highest BCUT2D eigenvalue weighted by Gasteiger charge is 2.19. The van der Waals surface area contributed by atoms with Crippen molar-refractivity contribution in [3.05, 3.63) is 41.2 Å². The Morgan fingerprint density at radius 3 is 2.82 bits per heavy atom. The third-order valence-electron chi connectivity index (χ3n) is 3.12. The van der Waals surface area contributed by atoms with Gasteiger partial charge in [-0.1, -0.05) is 17.7 Å². The summed E-state index contributed by atoms with van der Waals surface area (Å²) in [5, 5.41) is 9.70. The summed E-state index contributed by atoms with van der Waals surface area (Å²) < 4.78 is 13.8. The normalized spacial score (nSPS) is 17.9. The van der Waals surface area contributed by atoms with Gasteiger partial charge in [0, 0.05) is 24.3 Å². The number of aliphatic hydroxyl groups is 1. The Morgan fingerprint density at radius 1 is 1.41 bits per heavy atom. The van der Waals surface area contributed by atoms with Gasteiger partial charge in [0.1, 0.15) is 5.82 Å². The minimum absolute atomic E-state index is 0.329. The fourth-order valence-corrected chi connectivity index (χ4v) is 2.33. The lowest BCUT2D eigenvalue weighted by atomic mass is 10.0. The van der Waals surface area contributed by atoms with E-state index in [1.807, 2.05) is 6.07 Å². The zero-order valence-corrected chi connectivity index (χ0v) is 10.3. The lowest BCUT2D eigenvalue weighted by molar-refractivity contribution is 0.194. The van der Waals surface area contributed by atoms with Crippen molar-refractivity contribution in [3.63, 3.8) is 0 Å². The first kappa shape index (κ1) is 12.1. The molecule has 0 aromatic heterocycles. The number of rotatable bonds is 2. The van der Waals surface area contributed by atoms with Gasteiger partial charge in [-0.2, -0.15) is 0 Å². The minimum atomic E-state index is -0.780. The molecule has 0 bridgehead atoms. The first-order valence-corrected chi connectivity index (χ1v) is 5.96. The Bertz CT molecular complexity index is 440.